The van der Waals surface area contributed by atoms with Crippen LogP contribution < -0.4 is 10.4 Å². The summed E-state index contributed by atoms with van der Waals surface area (Å²) in [6.07, 6.45) is 7.80. The van der Waals surface area contributed by atoms with Gasteiger partial charge in [-0.05, 0) is 49.7 Å². The molecule has 4 aromatic carbocycles. The second kappa shape index (κ2) is 18.3. The number of ketones is 1. The Labute approximate surface area is 325 Å². The summed E-state index contributed by atoms with van der Waals surface area (Å²) in [5.41, 5.74) is 4.95. The summed E-state index contributed by atoms with van der Waals surface area (Å²) in [4.78, 5) is 16.6. The average Bonchev–Trinajstić information content (AvgIpc) is 3.52. The van der Waals surface area contributed by atoms with Crippen LogP contribution in [0.1, 0.15) is 72.8 Å². The van der Waals surface area contributed by atoms with Crippen molar-refractivity contribution >= 4 is 56.9 Å². The minimum Gasteiger partial charge on any atom is -0.512 e. The Bertz CT molecular complexity index is 2120. The zero-order valence-electron chi connectivity index (χ0n) is 32.0. The molecule has 52 heavy (non-hydrogen) atoms. The van der Waals surface area contributed by atoms with Gasteiger partial charge in [0.25, 0.3) is 0 Å². The maximum atomic E-state index is 11.7. The summed E-state index contributed by atoms with van der Waals surface area (Å²) in [5.74, 6) is 1.11. The first-order chi connectivity index (χ1) is 24.5. The number of aromatic nitrogens is 1. The van der Waals surface area contributed by atoms with E-state index in [2.05, 4.69) is 118 Å². The first-order valence-corrected chi connectivity index (χ1v) is 21.8. The number of hydrogen-bond donors (Lipinski definition) is 1. The topological polar surface area (TPSA) is 63.3 Å². The Balaban J connectivity index is 0.000000323. The van der Waals surface area contributed by atoms with Crippen LogP contribution in [0.3, 0.4) is 0 Å². The molecule has 1 radical (unpaired) electrons. The molecule has 0 amide bonds. The fourth-order valence-corrected chi connectivity index (χ4v) is 9.97. The third-order valence-corrected chi connectivity index (χ3v) is 13.9. The number of fused-ring (bicyclic) bond motifs is 4. The van der Waals surface area contributed by atoms with Crippen molar-refractivity contribution in [3.63, 3.8) is 0 Å². The second-order valence-corrected chi connectivity index (χ2v) is 19.0. The number of aliphatic hydroxyl groups excluding tert-OH is 1. The Hall–Kier alpha value is -3.83. The van der Waals surface area contributed by atoms with Crippen LogP contribution in [0.4, 0.5) is 0 Å². The van der Waals surface area contributed by atoms with E-state index in [0.29, 0.717) is 5.92 Å². The molecule has 0 spiro atoms. The molecule has 0 fully saturated rings. The maximum absolute atomic E-state index is 11.7. The SMILES string of the molecule is CC(C)Cc1cccc2c1oc1c(-c3[c-]c4ccccc4c([Si](C)(C)c4ccccc4)c3)nccc12.CCC(CC)C(=O)/C=C(\O)C(CC)CC.[Ir]. The van der Waals surface area contributed by atoms with Gasteiger partial charge in [0.2, 0.25) is 0 Å². The third kappa shape index (κ3) is 8.85. The smallest absolute Gasteiger partial charge is 0.162 e. The number of pyridine rings is 1. The van der Waals surface area contributed by atoms with E-state index < -0.39 is 8.07 Å². The van der Waals surface area contributed by atoms with Crippen molar-refractivity contribution in [1.29, 1.82) is 0 Å². The second-order valence-electron chi connectivity index (χ2n) is 14.7. The van der Waals surface area contributed by atoms with Crippen molar-refractivity contribution in [3.05, 3.63) is 115 Å². The van der Waals surface area contributed by atoms with Crippen LogP contribution in [-0.2, 0) is 31.3 Å². The number of benzene rings is 4. The fraction of sp³-hybridized carbons (Fsp3) is 0.348. The summed E-state index contributed by atoms with van der Waals surface area (Å²) in [6.45, 7) is 17.4. The van der Waals surface area contributed by atoms with Gasteiger partial charge in [-0.2, -0.15) is 0 Å². The normalized spacial score (nSPS) is 12.1. The van der Waals surface area contributed by atoms with E-state index in [1.807, 2.05) is 33.9 Å². The zero-order valence-corrected chi connectivity index (χ0v) is 35.4. The minimum absolute atomic E-state index is 0. The van der Waals surface area contributed by atoms with Gasteiger partial charge in [-0.3, -0.25) is 9.78 Å². The number of hydrogen-bond acceptors (Lipinski definition) is 4. The molecule has 0 aliphatic heterocycles. The fourth-order valence-electron chi connectivity index (χ4n) is 7.24. The molecule has 0 saturated heterocycles. The molecule has 6 rings (SSSR count). The van der Waals surface area contributed by atoms with Gasteiger partial charge in [0.05, 0.1) is 13.8 Å². The molecule has 1 N–H and O–H groups in total. The van der Waals surface area contributed by atoms with Crippen molar-refractivity contribution in [2.24, 2.45) is 17.8 Å². The van der Waals surface area contributed by atoms with Crippen molar-refractivity contribution in [1.82, 2.24) is 4.98 Å². The standard InChI is InChI=1S/C33H30NOSi.C13H24O2.Ir/c1-22(2)19-24-12-10-16-28-29-17-18-34-31(33(29)35-32(24)28)25-20-23-11-8-9-15-27(23)30(21-25)36(3,4)26-13-6-5-7-14-26;1-5-10(6-2)12(14)9-13(15)11(7-3)8-4;/h5-18,21-22H,19H2,1-4H3;9-11,14H,5-8H2,1-4H3;/q-1;;/b;12-9-;. The van der Waals surface area contributed by atoms with Gasteiger partial charge >= 0.3 is 0 Å². The summed E-state index contributed by atoms with van der Waals surface area (Å²) < 4.78 is 6.62. The van der Waals surface area contributed by atoms with Crippen molar-refractivity contribution in [2.45, 2.75) is 86.7 Å². The number of para-hydroxylation sites is 1. The Kier molecular flexibility index (Phi) is 14.4. The number of furan rings is 1. The Morgan fingerprint density at radius 2 is 1.42 bits per heavy atom. The molecule has 0 saturated carbocycles. The summed E-state index contributed by atoms with van der Waals surface area (Å²) in [5, 5.41) is 17.2. The van der Waals surface area contributed by atoms with Crippen molar-refractivity contribution in [3.8, 4) is 11.3 Å². The molecule has 6 heteroatoms. The van der Waals surface area contributed by atoms with Gasteiger partial charge in [-0.15, -0.1) is 28.8 Å². The molecular weight excluding hydrogens is 835 g/mol. The number of aliphatic hydroxyl groups is 1. The van der Waals surface area contributed by atoms with Gasteiger partial charge in [-0.25, -0.2) is 0 Å². The molecule has 0 bridgehead atoms. The van der Waals surface area contributed by atoms with E-state index in [-0.39, 0.29) is 43.5 Å². The predicted molar refractivity (Wildman–Crippen MR) is 219 cm³/mol. The Morgan fingerprint density at radius 1 is 0.808 bits per heavy atom. The van der Waals surface area contributed by atoms with Crippen LogP contribution in [0.5, 0.6) is 0 Å². The molecule has 4 nitrogen and oxygen atoms in total. The molecule has 2 heterocycles. The summed E-state index contributed by atoms with van der Waals surface area (Å²) in [6, 6.07) is 34.1. The number of carbonyl (C=O) groups is 1. The van der Waals surface area contributed by atoms with Gasteiger partial charge in [0.1, 0.15) is 11.2 Å². The van der Waals surface area contributed by atoms with E-state index in [4.69, 9.17) is 9.40 Å². The number of rotatable bonds is 12. The molecule has 0 unspecified atom stereocenters. The van der Waals surface area contributed by atoms with E-state index in [9.17, 15) is 9.90 Å². The van der Waals surface area contributed by atoms with Gasteiger partial charge in [0, 0.05) is 60.7 Å². The molecule has 0 aliphatic rings. The van der Waals surface area contributed by atoms with E-state index in [1.54, 1.807) is 0 Å². The average molecular weight is 889 g/mol. The zero-order chi connectivity index (χ0) is 36.7. The van der Waals surface area contributed by atoms with Gasteiger partial charge in [-0.1, -0.05) is 138 Å². The largest absolute Gasteiger partial charge is 0.512 e. The van der Waals surface area contributed by atoms with Crippen LogP contribution in [0.15, 0.2) is 107 Å². The molecule has 6 aromatic rings. The monoisotopic (exact) mass is 889 g/mol. The summed E-state index contributed by atoms with van der Waals surface area (Å²) in [7, 11) is -1.99. The predicted octanol–water partition coefficient (Wildman–Crippen LogP) is 11.5. The van der Waals surface area contributed by atoms with Crippen LogP contribution in [0, 0.1) is 23.8 Å². The molecule has 2 aromatic heterocycles. The minimum atomic E-state index is -1.99. The van der Waals surface area contributed by atoms with Crippen molar-refractivity contribution in [2.75, 3.05) is 0 Å². The number of allylic oxidation sites excluding steroid dienone is 2. The van der Waals surface area contributed by atoms with E-state index >= 15 is 0 Å². The van der Waals surface area contributed by atoms with E-state index in [0.717, 1.165) is 70.7 Å². The van der Waals surface area contributed by atoms with E-state index in [1.165, 1.54) is 27.4 Å². The van der Waals surface area contributed by atoms with Crippen molar-refractivity contribution < 1.29 is 34.4 Å². The molecular formula is C46H54IrNO3Si-. The maximum Gasteiger partial charge on any atom is 0.162 e. The molecule has 0 atom stereocenters. The van der Waals surface area contributed by atoms with Gasteiger partial charge in [0.15, 0.2) is 5.78 Å². The number of nitrogens with zero attached hydrogens (tertiary/aromatic N) is 1. The van der Waals surface area contributed by atoms with Crippen LogP contribution >= 0.6 is 0 Å². The third-order valence-electron chi connectivity index (χ3n) is 10.4. The molecule has 275 valence electrons. The summed E-state index contributed by atoms with van der Waals surface area (Å²) >= 11 is 0. The van der Waals surface area contributed by atoms with Crippen LogP contribution in [0.2, 0.25) is 13.1 Å². The quantitative estimate of drug-likeness (QED) is 0.0575. The Morgan fingerprint density at radius 3 is 2.08 bits per heavy atom. The first kappa shape index (κ1) is 40.9. The molecule has 0 aliphatic carbocycles. The number of carbonyl (C=O) groups excluding carboxylic acids is 1. The van der Waals surface area contributed by atoms with Crippen LogP contribution in [-0.4, -0.2) is 23.9 Å². The first-order valence-electron chi connectivity index (χ1n) is 18.8. The van der Waals surface area contributed by atoms with Crippen LogP contribution in [0.25, 0.3) is 44.0 Å². The van der Waals surface area contributed by atoms with Gasteiger partial charge < -0.3 is 9.52 Å².